The van der Waals surface area contributed by atoms with E-state index in [0.29, 0.717) is 5.82 Å². The molecule has 13 aromatic rings. The van der Waals surface area contributed by atoms with Gasteiger partial charge in [-0.25, -0.2) is 15.0 Å². The Morgan fingerprint density at radius 3 is 1.77 bits per heavy atom. The number of fused-ring (bicyclic) bond motifs is 10. The molecule has 0 aliphatic carbocycles. The van der Waals surface area contributed by atoms with Crippen molar-refractivity contribution in [1.82, 2.24) is 24.5 Å². The zero-order chi connectivity index (χ0) is 42.1. The molecule has 0 bridgehead atoms. The molecule has 298 valence electrons. The summed E-state index contributed by atoms with van der Waals surface area (Å²) in [4.78, 5) is 19.6. The van der Waals surface area contributed by atoms with Crippen LogP contribution in [-0.4, -0.2) is 24.5 Å². The zero-order valence-electron chi connectivity index (χ0n) is 34.6. The van der Waals surface area contributed by atoms with Crippen molar-refractivity contribution in [3.05, 3.63) is 218 Å². The minimum atomic E-state index is 0.687. The van der Waals surface area contributed by atoms with Gasteiger partial charge in [0.2, 0.25) is 0 Å². The number of aromatic nitrogens is 5. The van der Waals surface area contributed by atoms with E-state index in [4.69, 9.17) is 15.0 Å². The second-order valence-electron chi connectivity index (χ2n) is 16.5. The monoisotopic (exact) mass is 815 g/mol. The Morgan fingerprint density at radius 2 is 0.969 bits per heavy atom. The molecular weight excluding hydrogens is 779 g/mol. The molecule has 9 aromatic carbocycles. The summed E-state index contributed by atoms with van der Waals surface area (Å²) in [5, 5.41) is 8.33. The van der Waals surface area contributed by atoms with E-state index in [-0.39, 0.29) is 0 Å². The third kappa shape index (κ3) is 5.83. The topological polar surface area (TPSA) is 59.4 Å². The first-order chi connectivity index (χ1) is 31.7. The van der Waals surface area contributed by atoms with Gasteiger partial charge in [-0.05, 0) is 70.4 Å². The molecule has 64 heavy (non-hydrogen) atoms. The lowest BCUT2D eigenvalue weighted by Crippen LogP contribution is -1.98. The Labute approximate surface area is 368 Å². The van der Waals surface area contributed by atoms with Crippen molar-refractivity contribution in [2.75, 3.05) is 0 Å². The van der Waals surface area contributed by atoms with Crippen LogP contribution in [-0.2, 0) is 0 Å². The highest BCUT2D eigenvalue weighted by Gasteiger charge is 2.19. The van der Waals surface area contributed by atoms with Crippen molar-refractivity contribution in [2.24, 2.45) is 0 Å². The van der Waals surface area contributed by atoms with Gasteiger partial charge in [0.25, 0.3) is 0 Å². The number of H-pyrrole nitrogens is 1. The van der Waals surface area contributed by atoms with Gasteiger partial charge in [0.15, 0.2) is 5.82 Å². The molecule has 13 rings (SSSR count). The van der Waals surface area contributed by atoms with Crippen molar-refractivity contribution in [3.63, 3.8) is 0 Å². The van der Waals surface area contributed by atoms with E-state index < -0.39 is 0 Å². The van der Waals surface area contributed by atoms with E-state index in [1.54, 1.807) is 0 Å². The van der Waals surface area contributed by atoms with E-state index in [1.165, 1.54) is 38.0 Å². The van der Waals surface area contributed by atoms with Crippen LogP contribution in [0.5, 0.6) is 0 Å². The standard InChI is InChI=1S/C59H37N5/c1-2-15-40(16-3-1)59-62-51(36-52(63-59)42-18-13-20-44(35-42)64-53-26-10-7-22-46(53)47-23-8-11-27-54(47)64)39-30-28-37(29-31-39)41-17-12-19-43(34-41)57-56-48-24-6-9-25-49(48)60-58(56)55-45-21-5-4-14-38(45)32-33-50(55)61-57/h1-36,60H. The zero-order valence-corrected chi connectivity index (χ0v) is 34.6. The Bertz CT molecular complexity index is 3900. The third-order valence-corrected chi connectivity index (χ3v) is 12.7. The largest absolute Gasteiger partial charge is 0.354 e. The molecule has 4 heterocycles. The summed E-state index contributed by atoms with van der Waals surface area (Å²) < 4.78 is 2.35. The highest BCUT2D eigenvalue weighted by atomic mass is 15.0. The maximum atomic E-state index is 5.41. The first kappa shape index (κ1) is 36.0. The molecule has 0 fully saturated rings. The summed E-state index contributed by atoms with van der Waals surface area (Å²) in [7, 11) is 0. The van der Waals surface area contributed by atoms with E-state index in [0.717, 1.165) is 83.5 Å². The molecule has 0 amide bonds. The first-order valence-corrected chi connectivity index (χ1v) is 21.7. The van der Waals surface area contributed by atoms with Crippen molar-refractivity contribution in [3.8, 4) is 62.0 Å². The fourth-order valence-corrected chi connectivity index (χ4v) is 9.72. The SMILES string of the molecule is c1ccc(-c2nc(-c3ccc(-c4cccc(-c5nc6ccc7ccccc7c6c6[nH]c7ccccc7c56)c4)cc3)cc(-c3cccc(-n4c5ccccc5c5ccccc54)c3)n2)cc1. The average molecular weight is 816 g/mol. The van der Waals surface area contributed by atoms with Gasteiger partial charge in [0, 0.05) is 60.4 Å². The summed E-state index contributed by atoms with van der Waals surface area (Å²) >= 11 is 0. The summed E-state index contributed by atoms with van der Waals surface area (Å²) in [5.41, 5.74) is 15.6. The summed E-state index contributed by atoms with van der Waals surface area (Å²) in [6.07, 6.45) is 0. The molecule has 0 saturated heterocycles. The second kappa shape index (κ2) is 14.5. The van der Waals surface area contributed by atoms with E-state index in [9.17, 15) is 0 Å². The van der Waals surface area contributed by atoms with Gasteiger partial charge in [-0.15, -0.1) is 0 Å². The van der Waals surface area contributed by atoms with Gasteiger partial charge in [-0.3, -0.25) is 0 Å². The molecule has 0 atom stereocenters. The van der Waals surface area contributed by atoms with Gasteiger partial charge < -0.3 is 9.55 Å². The predicted octanol–water partition coefficient (Wildman–Crippen LogP) is 15.2. The van der Waals surface area contributed by atoms with Crippen LogP contribution < -0.4 is 0 Å². The smallest absolute Gasteiger partial charge is 0.160 e. The number of hydrogen-bond acceptors (Lipinski definition) is 3. The Hall–Kier alpha value is -8.67. The fraction of sp³-hybridized carbons (Fsp3) is 0. The number of nitrogens with zero attached hydrogens (tertiary/aromatic N) is 4. The van der Waals surface area contributed by atoms with Crippen LogP contribution in [0.4, 0.5) is 0 Å². The van der Waals surface area contributed by atoms with Crippen LogP contribution in [0.1, 0.15) is 0 Å². The molecule has 0 saturated carbocycles. The lowest BCUT2D eigenvalue weighted by Gasteiger charge is -2.13. The van der Waals surface area contributed by atoms with E-state index >= 15 is 0 Å². The maximum absolute atomic E-state index is 5.41. The second-order valence-corrected chi connectivity index (χ2v) is 16.5. The summed E-state index contributed by atoms with van der Waals surface area (Å²) in [6.45, 7) is 0. The molecule has 5 nitrogen and oxygen atoms in total. The third-order valence-electron chi connectivity index (χ3n) is 12.7. The number of pyridine rings is 1. The fourth-order valence-electron chi connectivity index (χ4n) is 9.72. The number of aromatic amines is 1. The molecule has 5 heteroatoms. The van der Waals surface area contributed by atoms with Crippen LogP contribution in [0.2, 0.25) is 0 Å². The number of para-hydroxylation sites is 3. The molecule has 1 N–H and O–H groups in total. The van der Waals surface area contributed by atoms with Gasteiger partial charge in [-0.1, -0.05) is 170 Å². The normalized spacial score (nSPS) is 11.8. The van der Waals surface area contributed by atoms with E-state index in [2.05, 4.69) is 210 Å². The van der Waals surface area contributed by atoms with Crippen LogP contribution in [0.3, 0.4) is 0 Å². The number of hydrogen-bond donors (Lipinski definition) is 1. The van der Waals surface area contributed by atoms with Crippen molar-refractivity contribution < 1.29 is 0 Å². The maximum Gasteiger partial charge on any atom is 0.160 e. The van der Waals surface area contributed by atoms with Crippen LogP contribution in [0.25, 0.3) is 127 Å². The number of nitrogens with one attached hydrogen (secondary N) is 1. The summed E-state index contributed by atoms with van der Waals surface area (Å²) in [5.74, 6) is 0.687. The molecule has 0 radical (unpaired) electrons. The minimum Gasteiger partial charge on any atom is -0.354 e. The van der Waals surface area contributed by atoms with Gasteiger partial charge in [0.1, 0.15) is 0 Å². The minimum absolute atomic E-state index is 0.687. The Balaban J connectivity index is 0.905. The number of rotatable bonds is 6. The predicted molar refractivity (Wildman–Crippen MR) is 266 cm³/mol. The van der Waals surface area contributed by atoms with Gasteiger partial charge in [-0.2, -0.15) is 0 Å². The average Bonchev–Trinajstić information content (AvgIpc) is 3.93. The molecule has 0 spiro atoms. The van der Waals surface area contributed by atoms with Gasteiger partial charge >= 0.3 is 0 Å². The van der Waals surface area contributed by atoms with Crippen molar-refractivity contribution >= 4 is 65.3 Å². The van der Waals surface area contributed by atoms with Crippen LogP contribution in [0.15, 0.2) is 218 Å². The number of benzene rings is 9. The molecule has 0 aliphatic rings. The summed E-state index contributed by atoms with van der Waals surface area (Å²) in [6, 6.07) is 77.3. The first-order valence-electron chi connectivity index (χ1n) is 21.7. The van der Waals surface area contributed by atoms with Crippen molar-refractivity contribution in [1.29, 1.82) is 0 Å². The molecule has 0 aliphatic heterocycles. The highest BCUT2D eigenvalue weighted by Crippen LogP contribution is 2.41. The van der Waals surface area contributed by atoms with Gasteiger partial charge in [0.05, 0.1) is 39.1 Å². The lowest BCUT2D eigenvalue weighted by atomic mass is 9.96. The Kier molecular flexibility index (Phi) is 8.15. The Morgan fingerprint density at radius 1 is 0.359 bits per heavy atom. The molecule has 4 aromatic heterocycles. The van der Waals surface area contributed by atoms with Crippen LogP contribution >= 0.6 is 0 Å². The highest BCUT2D eigenvalue weighted by molar-refractivity contribution is 6.26. The van der Waals surface area contributed by atoms with Crippen molar-refractivity contribution in [2.45, 2.75) is 0 Å². The lowest BCUT2D eigenvalue weighted by molar-refractivity contribution is 1.16. The molecular formula is C59H37N5. The molecule has 0 unspecified atom stereocenters. The van der Waals surface area contributed by atoms with Crippen LogP contribution in [0, 0.1) is 0 Å². The van der Waals surface area contributed by atoms with E-state index in [1.807, 2.05) is 18.2 Å². The quantitative estimate of drug-likeness (QED) is 0.170.